The molecule has 1 aliphatic rings. The summed E-state index contributed by atoms with van der Waals surface area (Å²) in [5.41, 5.74) is 0.458. The van der Waals surface area contributed by atoms with E-state index in [1.54, 1.807) is 4.57 Å². The van der Waals surface area contributed by atoms with Crippen molar-refractivity contribution in [1.29, 1.82) is 0 Å². The van der Waals surface area contributed by atoms with Crippen LogP contribution in [0.5, 0.6) is 0 Å². The number of hydrogen-bond donors (Lipinski definition) is 2. The zero-order valence-corrected chi connectivity index (χ0v) is 10.7. The molecule has 7 heteroatoms. The lowest BCUT2D eigenvalue weighted by atomic mass is 9.98. The Morgan fingerprint density at radius 3 is 3.20 bits per heavy atom. The van der Waals surface area contributed by atoms with Crippen molar-refractivity contribution in [1.82, 2.24) is 19.5 Å². The van der Waals surface area contributed by atoms with Crippen LogP contribution < -0.4 is 5.56 Å². The van der Waals surface area contributed by atoms with Crippen LogP contribution in [0, 0.1) is 18.3 Å². The summed E-state index contributed by atoms with van der Waals surface area (Å²) in [6.07, 6.45) is 8.80. The molecule has 0 radical (unpaired) electrons. The monoisotopic (exact) mass is 274 g/mol. The van der Waals surface area contributed by atoms with Gasteiger partial charge in [0.2, 0.25) is 0 Å². The number of H-pyrrole nitrogens is 1. The Kier molecular flexibility index (Phi) is 3.26. The van der Waals surface area contributed by atoms with Crippen LogP contribution in [0.15, 0.2) is 17.4 Å². The molecule has 1 saturated heterocycles. The van der Waals surface area contributed by atoms with Gasteiger partial charge in [-0.05, 0) is 6.42 Å². The number of terminal acetylenes is 1. The number of rotatable bonds is 3. The normalized spacial score (nSPS) is 25.9. The SMILES string of the molecule is C#CC[C@H]1C[C@H](n2cnc3c(=O)[nH]cnc32)O[C@@H]1CO. The van der Waals surface area contributed by atoms with Gasteiger partial charge in [-0.15, -0.1) is 12.3 Å². The van der Waals surface area contributed by atoms with E-state index in [0.717, 1.165) is 0 Å². The van der Waals surface area contributed by atoms with Gasteiger partial charge in [0.1, 0.15) is 6.23 Å². The molecule has 0 unspecified atom stereocenters. The molecule has 3 heterocycles. The van der Waals surface area contributed by atoms with E-state index in [2.05, 4.69) is 20.9 Å². The molecule has 20 heavy (non-hydrogen) atoms. The number of aliphatic hydroxyl groups excluding tert-OH is 1. The lowest BCUT2D eigenvalue weighted by molar-refractivity contribution is -0.0287. The maximum absolute atomic E-state index is 11.6. The van der Waals surface area contributed by atoms with Gasteiger partial charge in [0.15, 0.2) is 11.2 Å². The van der Waals surface area contributed by atoms with Crippen molar-refractivity contribution in [3.63, 3.8) is 0 Å². The van der Waals surface area contributed by atoms with E-state index in [-0.39, 0.29) is 35.9 Å². The van der Waals surface area contributed by atoms with Crippen molar-refractivity contribution in [2.45, 2.75) is 25.2 Å². The second-order valence-electron chi connectivity index (χ2n) is 4.77. The van der Waals surface area contributed by atoms with E-state index < -0.39 is 0 Å². The summed E-state index contributed by atoms with van der Waals surface area (Å²) in [6.45, 7) is -0.0799. The van der Waals surface area contributed by atoms with Crippen LogP contribution in [0.4, 0.5) is 0 Å². The molecule has 3 rings (SSSR count). The lowest BCUT2D eigenvalue weighted by Crippen LogP contribution is -2.20. The second kappa shape index (κ2) is 5.07. The largest absolute Gasteiger partial charge is 0.394 e. The average molecular weight is 274 g/mol. The lowest BCUT2D eigenvalue weighted by Gasteiger charge is -2.14. The highest BCUT2D eigenvalue weighted by atomic mass is 16.5. The topological polar surface area (TPSA) is 93.0 Å². The van der Waals surface area contributed by atoms with Crippen LogP contribution in [-0.2, 0) is 4.74 Å². The third-order valence-corrected chi connectivity index (χ3v) is 3.60. The molecule has 0 aliphatic carbocycles. The molecule has 2 N–H and O–H groups in total. The Balaban J connectivity index is 1.95. The van der Waals surface area contributed by atoms with Gasteiger partial charge in [-0.3, -0.25) is 9.36 Å². The molecule has 0 saturated carbocycles. The van der Waals surface area contributed by atoms with Gasteiger partial charge in [0.05, 0.1) is 25.4 Å². The first-order chi connectivity index (χ1) is 9.74. The average Bonchev–Trinajstić information content (AvgIpc) is 3.03. The minimum absolute atomic E-state index is 0.0799. The third kappa shape index (κ3) is 1.99. The summed E-state index contributed by atoms with van der Waals surface area (Å²) in [5, 5.41) is 9.35. The molecule has 0 amide bonds. The van der Waals surface area contributed by atoms with Crippen LogP contribution in [-0.4, -0.2) is 37.3 Å². The standard InChI is InChI=1S/C13H14N4O3/c1-2-3-8-4-10(20-9(8)5-18)17-7-16-11-12(17)14-6-15-13(11)19/h1,6-10,18H,3-5H2,(H,14,15,19)/t8-,9+,10+/m0/s1. The molecule has 1 aliphatic heterocycles. The zero-order valence-electron chi connectivity index (χ0n) is 10.7. The summed E-state index contributed by atoms with van der Waals surface area (Å²) < 4.78 is 7.51. The van der Waals surface area contributed by atoms with E-state index in [9.17, 15) is 9.90 Å². The third-order valence-electron chi connectivity index (χ3n) is 3.60. The van der Waals surface area contributed by atoms with Gasteiger partial charge in [-0.25, -0.2) is 9.97 Å². The van der Waals surface area contributed by atoms with Crippen LogP contribution in [0.1, 0.15) is 19.1 Å². The first-order valence-corrected chi connectivity index (χ1v) is 6.34. The smallest absolute Gasteiger partial charge is 0.278 e. The fraction of sp³-hybridized carbons (Fsp3) is 0.462. The quantitative estimate of drug-likeness (QED) is 0.771. The van der Waals surface area contributed by atoms with E-state index in [4.69, 9.17) is 11.2 Å². The van der Waals surface area contributed by atoms with Gasteiger partial charge in [0.25, 0.3) is 5.56 Å². The maximum atomic E-state index is 11.6. The van der Waals surface area contributed by atoms with Gasteiger partial charge in [-0.1, -0.05) is 0 Å². The van der Waals surface area contributed by atoms with Crippen LogP contribution >= 0.6 is 0 Å². The Hall–Kier alpha value is -2.17. The van der Waals surface area contributed by atoms with Gasteiger partial charge >= 0.3 is 0 Å². The number of nitrogens with zero attached hydrogens (tertiary/aromatic N) is 3. The fourth-order valence-corrected chi connectivity index (χ4v) is 2.59. The highest BCUT2D eigenvalue weighted by molar-refractivity contribution is 5.68. The summed E-state index contributed by atoms with van der Waals surface area (Å²) in [7, 11) is 0. The van der Waals surface area contributed by atoms with E-state index in [0.29, 0.717) is 18.5 Å². The molecule has 104 valence electrons. The number of nitrogens with one attached hydrogen (secondary N) is 1. The molecule has 2 aromatic heterocycles. The number of ether oxygens (including phenoxy) is 1. The van der Waals surface area contributed by atoms with Gasteiger partial charge in [0, 0.05) is 12.3 Å². The first kappa shape index (κ1) is 12.8. The predicted octanol–water partition coefficient (Wildman–Crippen LogP) is 0.0389. The van der Waals surface area contributed by atoms with Crippen molar-refractivity contribution in [2.24, 2.45) is 5.92 Å². The number of imidazole rings is 1. The Morgan fingerprint density at radius 1 is 1.60 bits per heavy atom. The summed E-state index contributed by atoms with van der Waals surface area (Å²) >= 11 is 0. The Bertz CT molecular complexity index is 714. The molecule has 0 aromatic carbocycles. The first-order valence-electron chi connectivity index (χ1n) is 6.34. The maximum Gasteiger partial charge on any atom is 0.278 e. The van der Waals surface area contributed by atoms with Gasteiger partial charge < -0.3 is 14.8 Å². The molecule has 1 fully saturated rings. The van der Waals surface area contributed by atoms with E-state index in [1.165, 1.54) is 12.7 Å². The fourth-order valence-electron chi connectivity index (χ4n) is 2.59. The van der Waals surface area contributed by atoms with Crippen molar-refractivity contribution in [3.05, 3.63) is 23.0 Å². The molecular formula is C13H14N4O3. The van der Waals surface area contributed by atoms with Crippen molar-refractivity contribution < 1.29 is 9.84 Å². The van der Waals surface area contributed by atoms with Crippen molar-refractivity contribution in [3.8, 4) is 12.3 Å². The molecule has 0 spiro atoms. The molecule has 2 aromatic rings. The predicted molar refractivity (Wildman–Crippen MR) is 70.7 cm³/mol. The Labute approximate surface area is 114 Å². The Morgan fingerprint density at radius 2 is 2.45 bits per heavy atom. The van der Waals surface area contributed by atoms with E-state index in [1.807, 2.05) is 0 Å². The number of aromatic amines is 1. The minimum Gasteiger partial charge on any atom is -0.394 e. The molecular weight excluding hydrogens is 260 g/mol. The summed E-state index contributed by atoms with van der Waals surface area (Å²) in [4.78, 5) is 22.3. The molecule has 3 atom stereocenters. The number of fused-ring (bicyclic) bond motifs is 1. The van der Waals surface area contributed by atoms with Crippen molar-refractivity contribution in [2.75, 3.05) is 6.61 Å². The highest BCUT2D eigenvalue weighted by Crippen LogP contribution is 2.35. The van der Waals surface area contributed by atoms with Crippen LogP contribution in [0.3, 0.4) is 0 Å². The second-order valence-corrected chi connectivity index (χ2v) is 4.77. The van der Waals surface area contributed by atoms with Gasteiger partial charge in [-0.2, -0.15) is 0 Å². The van der Waals surface area contributed by atoms with Crippen molar-refractivity contribution >= 4 is 11.2 Å². The van der Waals surface area contributed by atoms with Crippen LogP contribution in [0.25, 0.3) is 11.2 Å². The molecule has 0 bridgehead atoms. The van der Waals surface area contributed by atoms with Crippen LogP contribution in [0.2, 0.25) is 0 Å². The summed E-state index contributed by atoms with van der Waals surface area (Å²) in [6, 6.07) is 0. The van der Waals surface area contributed by atoms with E-state index >= 15 is 0 Å². The zero-order chi connectivity index (χ0) is 14.1. The number of aliphatic hydroxyl groups is 1. The number of hydrogen-bond acceptors (Lipinski definition) is 5. The number of aromatic nitrogens is 4. The molecule has 7 nitrogen and oxygen atoms in total. The summed E-state index contributed by atoms with van der Waals surface area (Å²) in [5.74, 6) is 2.69. The minimum atomic E-state index is -0.315. The highest BCUT2D eigenvalue weighted by Gasteiger charge is 2.35.